The van der Waals surface area contributed by atoms with Crippen LogP contribution in [0, 0.1) is 12.7 Å². The number of nitrogens with zero attached hydrogens (tertiary/aromatic N) is 1. The van der Waals surface area contributed by atoms with Crippen molar-refractivity contribution in [1.29, 1.82) is 0 Å². The number of rotatable bonds is 8. The number of thiophene rings is 1. The fourth-order valence-corrected chi connectivity index (χ4v) is 3.42. The first-order chi connectivity index (χ1) is 13.6. The normalized spacial score (nSPS) is 10.5. The van der Waals surface area contributed by atoms with Gasteiger partial charge in [0.25, 0.3) is 5.91 Å². The maximum Gasteiger partial charge on any atom is 0.264 e. The molecule has 0 saturated carbocycles. The third kappa shape index (κ3) is 4.70. The highest BCUT2D eigenvalue weighted by Gasteiger charge is 2.16. The number of halogens is 1. The number of amides is 1. The Hall–Kier alpha value is -2.86. The second-order valence-electron chi connectivity index (χ2n) is 6.07. The van der Waals surface area contributed by atoms with Gasteiger partial charge in [-0.25, -0.2) is 4.39 Å². The molecule has 1 amide bonds. The highest BCUT2D eigenvalue weighted by molar-refractivity contribution is 7.12. The molecule has 4 nitrogen and oxygen atoms in total. The fraction of sp³-hybridized carbons (Fsp3) is 0.182. The Labute approximate surface area is 168 Å². The maximum atomic E-state index is 13.8. The number of hydrogen-bond acceptors (Lipinski definition) is 4. The van der Waals surface area contributed by atoms with Crippen LogP contribution in [0.1, 0.15) is 20.8 Å². The molecule has 0 fully saturated rings. The Morgan fingerprint density at radius 2 is 1.96 bits per heavy atom. The van der Waals surface area contributed by atoms with Crippen LogP contribution in [0.15, 0.2) is 60.0 Å². The third-order valence-electron chi connectivity index (χ3n) is 4.23. The zero-order chi connectivity index (χ0) is 19.9. The number of hydrogen-bond donors (Lipinski definition) is 0. The second kappa shape index (κ2) is 9.37. The molecule has 0 aliphatic carbocycles. The first kappa shape index (κ1) is 19.9. The first-order valence-electron chi connectivity index (χ1n) is 8.77. The van der Waals surface area contributed by atoms with Crippen LogP contribution < -0.4 is 9.47 Å². The van der Waals surface area contributed by atoms with Crippen molar-refractivity contribution in [3.05, 3.63) is 88.7 Å². The Balaban J connectivity index is 1.71. The Morgan fingerprint density at radius 3 is 2.64 bits per heavy atom. The standard InChI is InChI=1S/C22H21FNO3S/c1-3-24(22(25)21-9-6-12-28-21)14-16-10-11-19(20(13-16)26-2)27-15-17-7-4-5-8-18(17)23/h4-13H,1,3,14-15H2,2H3. The number of ether oxygens (including phenoxy) is 2. The van der Waals surface area contributed by atoms with E-state index in [1.54, 1.807) is 42.3 Å². The largest absolute Gasteiger partial charge is 0.493 e. The molecule has 0 bridgehead atoms. The van der Waals surface area contributed by atoms with Gasteiger partial charge in [0.1, 0.15) is 12.4 Å². The number of carbonyl (C=O) groups is 1. The average Bonchev–Trinajstić information content (AvgIpc) is 3.26. The molecule has 3 aromatic rings. The molecule has 0 unspecified atom stereocenters. The molecule has 0 N–H and O–H groups in total. The molecule has 6 heteroatoms. The number of methoxy groups -OCH3 is 1. The van der Waals surface area contributed by atoms with E-state index in [0.29, 0.717) is 35.0 Å². The van der Waals surface area contributed by atoms with Crippen LogP contribution in [0.3, 0.4) is 0 Å². The summed E-state index contributed by atoms with van der Waals surface area (Å²) < 4.78 is 24.9. The van der Waals surface area contributed by atoms with Gasteiger partial charge in [-0.3, -0.25) is 4.79 Å². The van der Waals surface area contributed by atoms with Crippen LogP contribution in [-0.2, 0) is 13.2 Å². The maximum absolute atomic E-state index is 13.8. The molecule has 3 rings (SSSR count). The van der Waals surface area contributed by atoms with Gasteiger partial charge >= 0.3 is 0 Å². The van der Waals surface area contributed by atoms with Crippen molar-refractivity contribution in [2.24, 2.45) is 0 Å². The molecule has 1 aromatic heterocycles. The molecular weight excluding hydrogens is 377 g/mol. The molecule has 1 radical (unpaired) electrons. The fourth-order valence-electron chi connectivity index (χ4n) is 2.73. The third-order valence-corrected chi connectivity index (χ3v) is 5.09. The molecule has 0 spiro atoms. The SMILES string of the molecule is [CH2]CN(Cc1ccc(OCc2ccccc2F)c(OC)c1)C(=O)c1cccs1. The predicted octanol–water partition coefficient (Wildman–Crippen LogP) is 4.95. The summed E-state index contributed by atoms with van der Waals surface area (Å²) >= 11 is 1.41. The summed E-state index contributed by atoms with van der Waals surface area (Å²) in [5, 5.41) is 1.87. The van der Waals surface area contributed by atoms with Crippen molar-refractivity contribution in [2.45, 2.75) is 13.2 Å². The Kier molecular flexibility index (Phi) is 6.66. The molecule has 0 atom stereocenters. The zero-order valence-electron chi connectivity index (χ0n) is 15.6. The minimum absolute atomic E-state index is 0.0520. The topological polar surface area (TPSA) is 38.8 Å². The van der Waals surface area contributed by atoms with Crippen molar-refractivity contribution in [3.63, 3.8) is 0 Å². The number of benzene rings is 2. The van der Waals surface area contributed by atoms with E-state index in [-0.39, 0.29) is 18.3 Å². The molecule has 2 aromatic carbocycles. The van der Waals surface area contributed by atoms with E-state index >= 15 is 0 Å². The lowest BCUT2D eigenvalue weighted by Gasteiger charge is -2.21. The summed E-state index contributed by atoms with van der Waals surface area (Å²) in [6.07, 6.45) is 0. The smallest absolute Gasteiger partial charge is 0.264 e. The van der Waals surface area contributed by atoms with Gasteiger partial charge < -0.3 is 14.4 Å². The van der Waals surface area contributed by atoms with E-state index in [9.17, 15) is 9.18 Å². The van der Waals surface area contributed by atoms with Crippen molar-refractivity contribution >= 4 is 17.2 Å². The van der Waals surface area contributed by atoms with E-state index in [0.717, 1.165) is 5.56 Å². The zero-order valence-corrected chi connectivity index (χ0v) is 16.4. The number of carbonyl (C=O) groups excluding carboxylic acids is 1. The lowest BCUT2D eigenvalue weighted by Crippen LogP contribution is -2.29. The molecule has 0 aliphatic heterocycles. The van der Waals surface area contributed by atoms with Crippen molar-refractivity contribution in [1.82, 2.24) is 4.90 Å². The van der Waals surface area contributed by atoms with Crippen LogP contribution in [0.2, 0.25) is 0 Å². The second-order valence-corrected chi connectivity index (χ2v) is 7.02. The molecular formula is C22H21FNO3S. The Morgan fingerprint density at radius 1 is 1.14 bits per heavy atom. The van der Waals surface area contributed by atoms with E-state index in [2.05, 4.69) is 6.92 Å². The van der Waals surface area contributed by atoms with Crippen molar-refractivity contribution in [2.75, 3.05) is 13.7 Å². The monoisotopic (exact) mass is 398 g/mol. The van der Waals surface area contributed by atoms with E-state index in [1.165, 1.54) is 17.4 Å². The summed E-state index contributed by atoms with van der Waals surface area (Å²) in [5.74, 6) is 0.682. The summed E-state index contributed by atoms with van der Waals surface area (Å²) in [6.45, 7) is 4.72. The summed E-state index contributed by atoms with van der Waals surface area (Å²) in [6, 6.07) is 15.6. The van der Waals surface area contributed by atoms with Gasteiger partial charge in [-0.2, -0.15) is 0 Å². The lowest BCUT2D eigenvalue weighted by molar-refractivity contribution is 0.0766. The van der Waals surface area contributed by atoms with Gasteiger partial charge in [-0.1, -0.05) is 30.3 Å². The minimum atomic E-state index is -0.309. The highest BCUT2D eigenvalue weighted by atomic mass is 32.1. The molecule has 28 heavy (non-hydrogen) atoms. The highest BCUT2D eigenvalue weighted by Crippen LogP contribution is 2.30. The van der Waals surface area contributed by atoms with Gasteiger partial charge in [-0.05, 0) is 42.1 Å². The molecule has 0 aliphatic rings. The van der Waals surface area contributed by atoms with Gasteiger partial charge in [0.05, 0.1) is 12.0 Å². The van der Waals surface area contributed by atoms with Crippen molar-refractivity contribution < 1.29 is 18.7 Å². The molecule has 1 heterocycles. The van der Waals surface area contributed by atoms with E-state index in [4.69, 9.17) is 9.47 Å². The van der Waals surface area contributed by atoms with Crippen LogP contribution in [0.5, 0.6) is 11.5 Å². The van der Waals surface area contributed by atoms with Gasteiger partial charge in [0, 0.05) is 18.7 Å². The Bertz CT molecular complexity index is 927. The van der Waals surface area contributed by atoms with Crippen molar-refractivity contribution in [3.8, 4) is 11.5 Å². The van der Waals surface area contributed by atoms with Crippen LogP contribution in [0.25, 0.3) is 0 Å². The van der Waals surface area contributed by atoms with Crippen LogP contribution in [0.4, 0.5) is 4.39 Å². The van der Waals surface area contributed by atoms with Crippen LogP contribution in [-0.4, -0.2) is 24.5 Å². The lowest BCUT2D eigenvalue weighted by atomic mass is 10.1. The quantitative estimate of drug-likeness (QED) is 0.539. The van der Waals surface area contributed by atoms with E-state index in [1.807, 2.05) is 23.6 Å². The summed E-state index contributed by atoms with van der Waals surface area (Å²) in [5.41, 5.74) is 1.36. The average molecular weight is 398 g/mol. The first-order valence-corrected chi connectivity index (χ1v) is 9.65. The van der Waals surface area contributed by atoms with Gasteiger partial charge in [0.15, 0.2) is 11.5 Å². The van der Waals surface area contributed by atoms with Gasteiger partial charge in [0.2, 0.25) is 0 Å². The van der Waals surface area contributed by atoms with Gasteiger partial charge in [-0.15, -0.1) is 11.3 Å². The van der Waals surface area contributed by atoms with E-state index < -0.39 is 0 Å². The summed E-state index contributed by atoms with van der Waals surface area (Å²) in [7, 11) is 1.55. The summed E-state index contributed by atoms with van der Waals surface area (Å²) in [4.78, 5) is 14.9. The molecule has 145 valence electrons. The molecule has 0 saturated heterocycles. The van der Waals surface area contributed by atoms with Crippen LogP contribution >= 0.6 is 11.3 Å². The minimum Gasteiger partial charge on any atom is -0.493 e. The predicted molar refractivity (Wildman–Crippen MR) is 108 cm³/mol.